The lowest BCUT2D eigenvalue weighted by Gasteiger charge is -2.13. The molecule has 2 rings (SSSR count). The second kappa shape index (κ2) is 7.26. The number of carbonyl (C=O) groups excluding carboxylic acids is 1. The average molecular weight is 353 g/mol. The first kappa shape index (κ1) is 15.6. The number of hydrazone groups is 1. The van der Waals surface area contributed by atoms with Crippen LogP contribution >= 0.6 is 15.9 Å². The maximum absolute atomic E-state index is 12.2. The van der Waals surface area contributed by atoms with Crippen LogP contribution in [0.15, 0.2) is 40.1 Å². The molecule has 5 nitrogen and oxygen atoms in total. The third-order valence-corrected chi connectivity index (χ3v) is 3.17. The Morgan fingerprint density at radius 3 is 3.05 bits per heavy atom. The fraction of sp³-hybridized carbons (Fsp3) is 0.333. The van der Waals surface area contributed by atoms with Gasteiger partial charge >= 0.3 is 0 Å². The van der Waals surface area contributed by atoms with Gasteiger partial charge < -0.3 is 9.47 Å². The van der Waals surface area contributed by atoms with Gasteiger partial charge in [-0.25, -0.2) is 5.43 Å². The van der Waals surface area contributed by atoms with Crippen LogP contribution < -0.4 is 10.2 Å². The summed E-state index contributed by atoms with van der Waals surface area (Å²) in [5, 5.41) is 3.92. The van der Waals surface area contributed by atoms with Gasteiger partial charge in [-0.3, -0.25) is 4.79 Å². The molecule has 6 heteroatoms. The van der Waals surface area contributed by atoms with Crippen LogP contribution in [-0.4, -0.2) is 24.3 Å². The van der Waals surface area contributed by atoms with E-state index >= 15 is 0 Å². The molecule has 0 saturated carbocycles. The minimum atomic E-state index is -0.325. The van der Waals surface area contributed by atoms with Gasteiger partial charge in [0.1, 0.15) is 11.9 Å². The van der Waals surface area contributed by atoms with Crippen molar-refractivity contribution in [3.63, 3.8) is 0 Å². The van der Waals surface area contributed by atoms with Crippen LogP contribution in [-0.2, 0) is 4.74 Å². The minimum Gasteiger partial charge on any atom is -0.492 e. The molecule has 1 amide bonds. The predicted octanol–water partition coefficient (Wildman–Crippen LogP) is 3.25. The van der Waals surface area contributed by atoms with E-state index in [4.69, 9.17) is 9.47 Å². The fourth-order valence-corrected chi connectivity index (χ4v) is 2.13. The van der Waals surface area contributed by atoms with E-state index in [0.717, 1.165) is 10.9 Å². The molecule has 0 radical (unpaired) electrons. The highest BCUT2D eigenvalue weighted by molar-refractivity contribution is 9.10. The first-order valence-electron chi connectivity index (χ1n) is 6.66. The van der Waals surface area contributed by atoms with E-state index in [1.165, 1.54) is 0 Å². The molecule has 1 unspecified atom stereocenters. The number of carbonyl (C=O) groups is 1. The summed E-state index contributed by atoms with van der Waals surface area (Å²) in [4.78, 5) is 12.2. The monoisotopic (exact) mass is 352 g/mol. The van der Waals surface area contributed by atoms with Crippen LogP contribution in [0.5, 0.6) is 5.75 Å². The third-order valence-electron chi connectivity index (χ3n) is 2.67. The second-order valence-corrected chi connectivity index (χ2v) is 5.72. The van der Waals surface area contributed by atoms with Crippen LogP contribution in [0.4, 0.5) is 0 Å². The number of ether oxygens (including phenoxy) is 2. The number of rotatable bonds is 5. The molecule has 1 aliphatic rings. The zero-order chi connectivity index (χ0) is 15.2. The second-order valence-electron chi connectivity index (χ2n) is 4.81. The number of nitrogens with zero attached hydrogens (tertiary/aromatic N) is 1. The zero-order valence-corrected chi connectivity index (χ0v) is 13.5. The molecular weight excluding hydrogens is 336 g/mol. The Hall–Kier alpha value is -1.82. The van der Waals surface area contributed by atoms with Crippen LogP contribution in [0.25, 0.3) is 0 Å². The summed E-state index contributed by atoms with van der Waals surface area (Å²) >= 11 is 3.35. The number of hydrogen-bond donors (Lipinski definition) is 1. The molecule has 0 saturated heterocycles. The predicted molar refractivity (Wildman–Crippen MR) is 84.5 cm³/mol. The standard InChI is InChI=1S/C15H17BrN2O3/c1-10(2)21-14-6-5-11(16)8-13(14)15(19)18-17-9-12-4-3-7-20-12/h3,5-10,12H,4H2,1-2H3,(H,18,19)/b17-9+. The molecule has 1 aromatic carbocycles. The van der Waals surface area contributed by atoms with Crippen molar-refractivity contribution in [1.82, 2.24) is 5.43 Å². The van der Waals surface area contributed by atoms with E-state index in [-0.39, 0.29) is 18.1 Å². The Bertz CT molecular complexity index is 562. The van der Waals surface area contributed by atoms with Crippen LogP contribution in [0, 0.1) is 0 Å². The van der Waals surface area contributed by atoms with Crippen molar-refractivity contribution in [3.05, 3.63) is 40.6 Å². The fourth-order valence-electron chi connectivity index (χ4n) is 1.77. The van der Waals surface area contributed by atoms with Gasteiger partial charge in [0.05, 0.1) is 24.1 Å². The average Bonchev–Trinajstić information content (AvgIpc) is 2.93. The van der Waals surface area contributed by atoms with Gasteiger partial charge in [0.15, 0.2) is 0 Å². The van der Waals surface area contributed by atoms with Crippen LogP contribution in [0.1, 0.15) is 30.6 Å². The third kappa shape index (κ3) is 4.60. The highest BCUT2D eigenvalue weighted by Gasteiger charge is 2.14. The van der Waals surface area contributed by atoms with Crippen molar-refractivity contribution < 1.29 is 14.3 Å². The highest BCUT2D eigenvalue weighted by atomic mass is 79.9. The minimum absolute atomic E-state index is 0.0146. The lowest BCUT2D eigenvalue weighted by molar-refractivity contribution is 0.0948. The van der Waals surface area contributed by atoms with Crippen molar-refractivity contribution in [3.8, 4) is 5.75 Å². The van der Waals surface area contributed by atoms with E-state index in [9.17, 15) is 4.79 Å². The Morgan fingerprint density at radius 1 is 1.57 bits per heavy atom. The molecule has 1 atom stereocenters. The summed E-state index contributed by atoms with van der Waals surface area (Å²) in [7, 11) is 0. The first-order chi connectivity index (χ1) is 10.1. The van der Waals surface area contributed by atoms with Gasteiger partial charge in [0.25, 0.3) is 5.91 Å². The van der Waals surface area contributed by atoms with E-state index in [1.54, 1.807) is 24.6 Å². The molecule has 1 heterocycles. The number of amides is 1. The first-order valence-corrected chi connectivity index (χ1v) is 7.46. The van der Waals surface area contributed by atoms with Gasteiger partial charge in [-0.2, -0.15) is 5.10 Å². The summed E-state index contributed by atoms with van der Waals surface area (Å²) in [5.41, 5.74) is 2.92. The summed E-state index contributed by atoms with van der Waals surface area (Å²) < 4.78 is 11.7. The van der Waals surface area contributed by atoms with Crippen molar-refractivity contribution >= 4 is 28.1 Å². The van der Waals surface area contributed by atoms with Crippen molar-refractivity contribution in [2.45, 2.75) is 32.5 Å². The van der Waals surface area contributed by atoms with Gasteiger partial charge in [-0.15, -0.1) is 0 Å². The normalized spacial score (nSPS) is 17.2. The highest BCUT2D eigenvalue weighted by Crippen LogP contribution is 2.24. The number of nitrogens with one attached hydrogen (secondary N) is 1. The number of hydrogen-bond acceptors (Lipinski definition) is 4. The lowest BCUT2D eigenvalue weighted by Crippen LogP contribution is -2.21. The van der Waals surface area contributed by atoms with Crippen molar-refractivity contribution in [2.75, 3.05) is 0 Å². The van der Waals surface area contributed by atoms with Gasteiger partial charge in [-0.05, 0) is 38.1 Å². The summed E-state index contributed by atoms with van der Waals surface area (Å²) in [6.45, 7) is 3.82. The summed E-state index contributed by atoms with van der Waals surface area (Å²) in [6, 6.07) is 5.29. The van der Waals surface area contributed by atoms with Gasteiger partial charge in [-0.1, -0.05) is 15.9 Å². The van der Waals surface area contributed by atoms with E-state index in [1.807, 2.05) is 26.0 Å². The van der Waals surface area contributed by atoms with Gasteiger partial charge in [0, 0.05) is 10.9 Å². The lowest BCUT2D eigenvalue weighted by atomic mass is 10.2. The molecule has 21 heavy (non-hydrogen) atoms. The van der Waals surface area contributed by atoms with Gasteiger partial charge in [0.2, 0.25) is 0 Å². The molecule has 0 bridgehead atoms. The SMILES string of the molecule is CC(C)Oc1ccc(Br)cc1C(=O)N/N=C/C1CC=CO1. The summed E-state index contributed by atoms with van der Waals surface area (Å²) in [6.07, 6.45) is 5.73. The topological polar surface area (TPSA) is 59.9 Å². The molecule has 1 aliphatic heterocycles. The van der Waals surface area contributed by atoms with Crippen LogP contribution in [0.3, 0.4) is 0 Å². The summed E-state index contributed by atoms with van der Waals surface area (Å²) in [5.74, 6) is 0.203. The molecule has 0 fully saturated rings. The van der Waals surface area contributed by atoms with E-state index in [0.29, 0.717) is 11.3 Å². The smallest absolute Gasteiger partial charge is 0.275 e. The van der Waals surface area contributed by atoms with E-state index < -0.39 is 0 Å². The quantitative estimate of drug-likeness (QED) is 0.653. The van der Waals surface area contributed by atoms with E-state index in [2.05, 4.69) is 26.5 Å². The molecule has 0 spiro atoms. The Morgan fingerprint density at radius 2 is 2.38 bits per heavy atom. The Labute approximate surface area is 132 Å². The Balaban J connectivity index is 2.04. The largest absolute Gasteiger partial charge is 0.492 e. The zero-order valence-electron chi connectivity index (χ0n) is 11.9. The molecule has 0 aromatic heterocycles. The Kier molecular flexibility index (Phi) is 5.38. The molecule has 1 aromatic rings. The van der Waals surface area contributed by atoms with Crippen LogP contribution in [0.2, 0.25) is 0 Å². The number of benzene rings is 1. The van der Waals surface area contributed by atoms with Crippen molar-refractivity contribution in [2.24, 2.45) is 5.10 Å². The molecule has 0 aliphatic carbocycles. The maximum atomic E-state index is 12.2. The molecular formula is C15H17BrN2O3. The molecule has 112 valence electrons. The number of halogens is 1. The maximum Gasteiger partial charge on any atom is 0.275 e. The molecule has 1 N–H and O–H groups in total. The van der Waals surface area contributed by atoms with Crippen molar-refractivity contribution in [1.29, 1.82) is 0 Å².